The minimum Gasteiger partial charge on any atom is -0.503 e. The van der Waals surface area contributed by atoms with Crippen molar-refractivity contribution in [3.05, 3.63) is 45.8 Å². The molecule has 0 unspecified atom stereocenters. The molecule has 0 amide bonds. The minimum atomic E-state index is -0.909. The Hall–Kier alpha value is -2.74. The fourth-order valence-corrected chi connectivity index (χ4v) is 2.57. The Bertz CT molecular complexity index is 942. The van der Waals surface area contributed by atoms with Crippen molar-refractivity contribution >= 4 is 11.0 Å². The Labute approximate surface area is 128 Å². The molecule has 6 nitrogen and oxygen atoms in total. The van der Waals surface area contributed by atoms with Crippen LogP contribution in [0.4, 0.5) is 8.78 Å². The van der Waals surface area contributed by atoms with Crippen molar-refractivity contribution in [3.63, 3.8) is 0 Å². The minimum absolute atomic E-state index is 0.0829. The Balaban J connectivity index is 2.39. The molecule has 0 bridgehead atoms. The number of aryl methyl sites for hydroxylation is 1. The number of aromatic hydroxyl groups is 1. The first-order valence-corrected chi connectivity index (χ1v) is 6.81. The lowest BCUT2D eigenvalue weighted by atomic mass is 10.1. The fraction of sp³-hybridized carbons (Fsp3) is 0.200. The number of hydrogen-bond donors (Lipinski definition) is 3. The Morgan fingerprint density at radius 1 is 1.30 bits per heavy atom. The van der Waals surface area contributed by atoms with Gasteiger partial charge < -0.3 is 15.2 Å². The van der Waals surface area contributed by atoms with Gasteiger partial charge in [-0.25, -0.2) is 8.78 Å². The van der Waals surface area contributed by atoms with E-state index in [2.05, 4.69) is 10.1 Å². The number of halogens is 2. The lowest BCUT2D eigenvalue weighted by Crippen LogP contribution is -2.08. The monoisotopic (exact) mass is 321 g/mol. The van der Waals surface area contributed by atoms with Crippen molar-refractivity contribution in [1.82, 2.24) is 14.8 Å². The Morgan fingerprint density at radius 2 is 1.96 bits per heavy atom. The Kier molecular flexibility index (Phi) is 3.61. The molecule has 3 N–H and O–H groups in total. The van der Waals surface area contributed by atoms with Crippen LogP contribution >= 0.6 is 0 Å². The van der Waals surface area contributed by atoms with Crippen LogP contribution in [0.15, 0.2) is 23.0 Å². The summed E-state index contributed by atoms with van der Waals surface area (Å²) in [5.41, 5.74) is -1.17. The van der Waals surface area contributed by atoms with Gasteiger partial charge in [-0.15, -0.1) is 0 Å². The zero-order chi connectivity index (χ0) is 16.7. The number of nitrogens with one attached hydrogen (secondary N) is 1. The number of aromatic nitrogens is 3. The lowest BCUT2D eigenvalue weighted by molar-refractivity contribution is 0.298. The highest BCUT2D eigenvalue weighted by Gasteiger charge is 2.22. The third kappa shape index (κ3) is 2.27. The molecule has 0 aliphatic rings. The number of pyridine rings is 1. The number of H-pyrrole nitrogens is 1. The van der Waals surface area contributed by atoms with Crippen molar-refractivity contribution in [2.75, 3.05) is 6.61 Å². The first-order chi connectivity index (χ1) is 11.0. The molecule has 0 aliphatic carbocycles. The van der Waals surface area contributed by atoms with E-state index in [0.29, 0.717) is 5.69 Å². The van der Waals surface area contributed by atoms with Crippen LogP contribution in [0.25, 0.3) is 22.3 Å². The SMILES string of the molecule is Cn1nc(CCO)c2c(=O)c(O)c(-c3c(F)cccc3F)[nH]c21. The molecule has 3 rings (SSSR count). The highest BCUT2D eigenvalue weighted by molar-refractivity contribution is 5.84. The second-order valence-corrected chi connectivity index (χ2v) is 5.04. The highest BCUT2D eigenvalue weighted by Crippen LogP contribution is 2.31. The zero-order valence-electron chi connectivity index (χ0n) is 12.1. The third-order valence-electron chi connectivity index (χ3n) is 3.60. The van der Waals surface area contributed by atoms with Gasteiger partial charge in [0.2, 0.25) is 5.43 Å². The smallest absolute Gasteiger partial charge is 0.235 e. The summed E-state index contributed by atoms with van der Waals surface area (Å²) in [6, 6.07) is 3.24. The molecule has 2 heterocycles. The summed E-state index contributed by atoms with van der Waals surface area (Å²) in [6.07, 6.45) is 0.118. The molecule has 0 radical (unpaired) electrons. The van der Waals surface area contributed by atoms with Crippen molar-refractivity contribution in [3.8, 4) is 17.0 Å². The van der Waals surface area contributed by atoms with Crippen LogP contribution in [-0.2, 0) is 13.5 Å². The molecule has 0 spiro atoms. The van der Waals surface area contributed by atoms with E-state index < -0.39 is 28.4 Å². The molecular weight excluding hydrogens is 308 g/mol. The summed E-state index contributed by atoms with van der Waals surface area (Å²) >= 11 is 0. The van der Waals surface area contributed by atoms with Crippen molar-refractivity contribution in [2.24, 2.45) is 7.05 Å². The number of rotatable bonds is 3. The largest absolute Gasteiger partial charge is 0.503 e. The van der Waals surface area contributed by atoms with Gasteiger partial charge in [0.25, 0.3) is 0 Å². The van der Waals surface area contributed by atoms with Crippen LogP contribution < -0.4 is 5.43 Å². The van der Waals surface area contributed by atoms with Crippen LogP contribution in [0.2, 0.25) is 0 Å². The number of aliphatic hydroxyl groups is 1. The molecule has 8 heteroatoms. The summed E-state index contributed by atoms with van der Waals surface area (Å²) in [7, 11) is 1.54. The van der Waals surface area contributed by atoms with E-state index in [9.17, 15) is 18.7 Å². The quantitative estimate of drug-likeness (QED) is 0.681. The summed E-state index contributed by atoms with van der Waals surface area (Å²) < 4.78 is 29.2. The van der Waals surface area contributed by atoms with E-state index in [-0.39, 0.29) is 29.8 Å². The van der Waals surface area contributed by atoms with Gasteiger partial charge >= 0.3 is 0 Å². The average molecular weight is 321 g/mol. The van der Waals surface area contributed by atoms with E-state index in [1.165, 1.54) is 17.8 Å². The van der Waals surface area contributed by atoms with Gasteiger partial charge in [0.1, 0.15) is 17.3 Å². The summed E-state index contributed by atoms with van der Waals surface area (Å²) in [6.45, 7) is -0.226. The van der Waals surface area contributed by atoms with Crippen molar-refractivity contribution in [2.45, 2.75) is 6.42 Å². The molecule has 3 aromatic rings. The summed E-state index contributed by atoms with van der Waals surface area (Å²) in [5.74, 6) is -2.62. The molecule has 0 fully saturated rings. The second-order valence-electron chi connectivity index (χ2n) is 5.04. The van der Waals surface area contributed by atoms with E-state index in [4.69, 9.17) is 5.11 Å². The van der Waals surface area contributed by atoms with Crippen LogP contribution in [-0.4, -0.2) is 31.6 Å². The Morgan fingerprint density at radius 3 is 2.57 bits per heavy atom. The van der Waals surface area contributed by atoms with E-state index in [0.717, 1.165) is 12.1 Å². The van der Waals surface area contributed by atoms with E-state index in [1.54, 1.807) is 0 Å². The molecule has 0 saturated heterocycles. The molecular formula is C15H13F2N3O3. The van der Waals surface area contributed by atoms with E-state index >= 15 is 0 Å². The van der Waals surface area contributed by atoms with Gasteiger partial charge in [-0.05, 0) is 12.1 Å². The number of benzene rings is 1. The van der Waals surface area contributed by atoms with Gasteiger partial charge in [0.15, 0.2) is 5.75 Å². The predicted octanol–water partition coefficient (Wildman–Crippen LogP) is 1.45. The van der Waals surface area contributed by atoms with Crippen LogP contribution in [0, 0.1) is 11.6 Å². The zero-order valence-corrected chi connectivity index (χ0v) is 12.1. The van der Waals surface area contributed by atoms with Gasteiger partial charge in [0.05, 0.1) is 22.3 Å². The molecule has 0 atom stereocenters. The summed E-state index contributed by atoms with van der Waals surface area (Å²) in [5, 5.41) is 23.3. The second kappa shape index (κ2) is 5.47. The maximum atomic E-state index is 13.9. The number of nitrogens with zero attached hydrogens (tertiary/aromatic N) is 2. The van der Waals surface area contributed by atoms with Gasteiger partial charge in [-0.2, -0.15) is 5.10 Å². The normalized spacial score (nSPS) is 11.3. The van der Waals surface area contributed by atoms with Gasteiger partial charge in [-0.1, -0.05) is 6.07 Å². The fourth-order valence-electron chi connectivity index (χ4n) is 2.57. The molecule has 0 aliphatic heterocycles. The number of aliphatic hydroxyl groups excluding tert-OH is 1. The number of fused-ring (bicyclic) bond motifs is 1. The molecule has 120 valence electrons. The van der Waals surface area contributed by atoms with E-state index in [1.807, 2.05) is 0 Å². The van der Waals surface area contributed by atoms with Crippen LogP contribution in [0.3, 0.4) is 0 Å². The highest BCUT2D eigenvalue weighted by atomic mass is 19.1. The van der Waals surface area contributed by atoms with Gasteiger partial charge in [-0.3, -0.25) is 9.48 Å². The first-order valence-electron chi connectivity index (χ1n) is 6.81. The first kappa shape index (κ1) is 15.2. The molecule has 2 aromatic heterocycles. The topological polar surface area (TPSA) is 91.1 Å². The average Bonchev–Trinajstić information content (AvgIpc) is 2.80. The maximum Gasteiger partial charge on any atom is 0.235 e. The van der Waals surface area contributed by atoms with Crippen LogP contribution in [0.1, 0.15) is 5.69 Å². The van der Waals surface area contributed by atoms with Crippen molar-refractivity contribution < 1.29 is 19.0 Å². The molecule has 0 saturated carbocycles. The predicted molar refractivity (Wildman–Crippen MR) is 79.1 cm³/mol. The summed E-state index contributed by atoms with van der Waals surface area (Å²) in [4.78, 5) is 15.1. The maximum absolute atomic E-state index is 13.9. The van der Waals surface area contributed by atoms with Crippen molar-refractivity contribution in [1.29, 1.82) is 0 Å². The molecule has 23 heavy (non-hydrogen) atoms. The van der Waals surface area contributed by atoms with Gasteiger partial charge in [0, 0.05) is 20.1 Å². The van der Waals surface area contributed by atoms with Crippen LogP contribution in [0.5, 0.6) is 5.75 Å². The lowest BCUT2D eigenvalue weighted by Gasteiger charge is -2.08. The standard InChI is InChI=1S/C15H13F2N3O3/c1-20-15-11(9(19-20)5-6-21)13(22)14(23)12(18-15)10-7(16)3-2-4-8(10)17/h2-4,21,23H,5-6H2,1H3,(H,18,22). The number of hydrogen-bond acceptors (Lipinski definition) is 4. The third-order valence-corrected chi connectivity index (χ3v) is 3.60. The molecule has 1 aromatic carbocycles. The number of aromatic amines is 1.